The van der Waals surface area contributed by atoms with E-state index in [2.05, 4.69) is 6.92 Å². The molecule has 0 fully saturated rings. The van der Waals surface area contributed by atoms with E-state index in [0.29, 0.717) is 79.3 Å². The van der Waals surface area contributed by atoms with E-state index in [0.717, 1.165) is 19.4 Å². The van der Waals surface area contributed by atoms with Crippen LogP contribution in [0.2, 0.25) is 0 Å². The van der Waals surface area contributed by atoms with Gasteiger partial charge in [0.15, 0.2) is 0 Å². The molecule has 8 nitrogen and oxygen atoms in total. The molecule has 0 aromatic rings. The maximum absolute atomic E-state index is 11.1. The molecule has 0 atom stereocenters. The predicted molar refractivity (Wildman–Crippen MR) is 101 cm³/mol. The second-order valence-corrected chi connectivity index (χ2v) is 5.58. The number of hydrogen-bond donors (Lipinski definition) is 0. The second kappa shape index (κ2) is 23.3. The normalized spacial score (nSPS) is 11.0. The smallest absolute Gasteiger partial charge is 0.308 e. The summed E-state index contributed by atoms with van der Waals surface area (Å²) in [4.78, 5) is 11.1. The van der Waals surface area contributed by atoms with Gasteiger partial charge in [0.2, 0.25) is 0 Å². The molecule has 0 aliphatic rings. The molecule has 27 heavy (non-hydrogen) atoms. The molecule has 0 aromatic carbocycles. The zero-order valence-corrected chi connectivity index (χ0v) is 17.1. The molecule has 0 radical (unpaired) electrons. The molecule has 0 amide bonds. The maximum Gasteiger partial charge on any atom is 0.308 e. The number of carbonyl (C=O) groups excluding carboxylic acids is 1. The van der Waals surface area contributed by atoms with E-state index in [9.17, 15) is 4.79 Å². The SMILES string of the molecule is CCCCOCCOCCOCCOCCOCCOCCC(=O)OCC. The van der Waals surface area contributed by atoms with Crippen molar-refractivity contribution >= 4 is 5.97 Å². The van der Waals surface area contributed by atoms with Crippen LogP contribution in [0.1, 0.15) is 33.1 Å². The highest BCUT2D eigenvalue weighted by Gasteiger charge is 2.00. The first kappa shape index (κ1) is 26.2. The van der Waals surface area contributed by atoms with E-state index >= 15 is 0 Å². The molecule has 0 spiro atoms. The van der Waals surface area contributed by atoms with Crippen LogP contribution < -0.4 is 0 Å². The van der Waals surface area contributed by atoms with Crippen molar-refractivity contribution in [3.05, 3.63) is 0 Å². The Morgan fingerprint density at radius 3 is 1.30 bits per heavy atom. The first-order valence-electron chi connectivity index (χ1n) is 9.93. The van der Waals surface area contributed by atoms with Gasteiger partial charge >= 0.3 is 5.97 Å². The zero-order chi connectivity index (χ0) is 19.8. The Hall–Kier alpha value is -0.770. The van der Waals surface area contributed by atoms with Crippen LogP contribution in [0.15, 0.2) is 0 Å². The van der Waals surface area contributed by atoms with Crippen molar-refractivity contribution in [2.45, 2.75) is 33.1 Å². The number of unbranched alkanes of at least 4 members (excludes halogenated alkanes) is 1. The molecular formula is C19H38O8. The molecular weight excluding hydrogens is 356 g/mol. The largest absolute Gasteiger partial charge is 0.466 e. The summed E-state index contributed by atoms with van der Waals surface area (Å²) < 4.78 is 37.0. The van der Waals surface area contributed by atoms with Gasteiger partial charge in [0.1, 0.15) is 0 Å². The fourth-order valence-electron chi connectivity index (χ4n) is 1.84. The van der Waals surface area contributed by atoms with Crippen LogP contribution in [0.25, 0.3) is 0 Å². The third kappa shape index (κ3) is 23.2. The van der Waals surface area contributed by atoms with E-state index in [-0.39, 0.29) is 12.4 Å². The minimum atomic E-state index is -0.239. The highest BCUT2D eigenvalue weighted by Crippen LogP contribution is 1.89. The van der Waals surface area contributed by atoms with E-state index in [1.54, 1.807) is 6.92 Å². The minimum absolute atomic E-state index is 0.239. The van der Waals surface area contributed by atoms with Gasteiger partial charge in [0.05, 0.1) is 85.7 Å². The van der Waals surface area contributed by atoms with Gasteiger partial charge in [-0.25, -0.2) is 0 Å². The van der Waals surface area contributed by atoms with Gasteiger partial charge in [-0.1, -0.05) is 13.3 Å². The van der Waals surface area contributed by atoms with Crippen molar-refractivity contribution < 1.29 is 38.0 Å². The number of esters is 1. The van der Waals surface area contributed by atoms with Crippen molar-refractivity contribution in [1.29, 1.82) is 0 Å². The summed E-state index contributed by atoms with van der Waals surface area (Å²) >= 11 is 0. The van der Waals surface area contributed by atoms with Crippen LogP contribution in [0.5, 0.6) is 0 Å². The number of carbonyl (C=O) groups is 1. The minimum Gasteiger partial charge on any atom is -0.466 e. The lowest BCUT2D eigenvalue weighted by Gasteiger charge is -2.08. The van der Waals surface area contributed by atoms with Crippen LogP contribution in [-0.2, 0) is 38.0 Å². The molecule has 162 valence electrons. The van der Waals surface area contributed by atoms with Crippen LogP contribution in [0.4, 0.5) is 0 Å². The van der Waals surface area contributed by atoms with Gasteiger partial charge in [0, 0.05) is 6.61 Å². The molecule has 0 N–H and O–H groups in total. The van der Waals surface area contributed by atoms with Crippen molar-refractivity contribution in [3.63, 3.8) is 0 Å². The highest BCUT2D eigenvalue weighted by molar-refractivity contribution is 5.69. The first-order valence-corrected chi connectivity index (χ1v) is 9.93. The third-order valence-corrected chi connectivity index (χ3v) is 3.26. The Morgan fingerprint density at radius 1 is 0.556 bits per heavy atom. The Morgan fingerprint density at radius 2 is 0.926 bits per heavy atom. The summed E-state index contributed by atoms with van der Waals surface area (Å²) in [7, 11) is 0. The van der Waals surface area contributed by atoms with Gasteiger partial charge in [0.25, 0.3) is 0 Å². The standard InChI is InChI=1S/C19H38O8/c1-3-5-7-21-9-11-23-13-15-25-17-18-26-16-14-24-12-10-22-8-6-19(20)27-4-2/h3-18H2,1-2H3. The Kier molecular flexibility index (Phi) is 22.6. The van der Waals surface area contributed by atoms with Crippen LogP contribution in [-0.4, -0.2) is 91.9 Å². The van der Waals surface area contributed by atoms with Crippen LogP contribution >= 0.6 is 0 Å². The number of hydrogen-bond acceptors (Lipinski definition) is 8. The third-order valence-electron chi connectivity index (χ3n) is 3.26. The Balaban J connectivity index is 3.02. The second-order valence-electron chi connectivity index (χ2n) is 5.58. The molecule has 0 rings (SSSR count). The topological polar surface area (TPSA) is 81.7 Å². The molecule has 0 aromatic heterocycles. The summed E-state index contributed by atoms with van der Waals surface area (Å²) in [5.41, 5.74) is 0. The van der Waals surface area contributed by atoms with Crippen LogP contribution in [0, 0.1) is 0 Å². The number of rotatable bonds is 22. The lowest BCUT2D eigenvalue weighted by Crippen LogP contribution is -2.14. The van der Waals surface area contributed by atoms with Gasteiger partial charge in [-0.15, -0.1) is 0 Å². The number of ether oxygens (including phenoxy) is 7. The van der Waals surface area contributed by atoms with E-state index in [1.807, 2.05) is 0 Å². The monoisotopic (exact) mass is 394 g/mol. The molecule has 8 heteroatoms. The van der Waals surface area contributed by atoms with Gasteiger partial charge in [-0.3, -0.25) is 4.79 Å². The lowest BCUT2D eigenvalue weighted by atomic mass is 10.4. The molecule has 0 saturated carbocycles. The molecule has 0 bridgehead atoms. The van der Waals surface area contributed by atoms with Crippen molar-refractivity contribution in [1.82, 2.24) is 0 Å². The summed E-state index contributed by atoms with van der Waals surface area (Å²) in [5, 5.41) is 0. The van der Waals surface area contributed by atoms with Gasteiger partial charge in [-0.2, -0.15) is 0 Å². The fourth-order valence-corrected chi connectivity index (χ4v) is 1.84. The van der Waals surface area contributed by atoms with Gasteiger partial charge < -0.3 is 33.2 Å². The Labute approximate surface area is 163 Å². The fraction of sp³-hybridized carbons (Fsp3) is 0.947. The van der Waals surface area contributed by atoms with Crippen molar-refractivity contribution in [3.8, 4) is 0 Å². The van der Waals surface area contributed by atoms with Gasteiger partial charge in [-0.05, 0) is 13.3 Å². The molecule has 0 unspecified atom stereocenters. The first-order chi connectivity index (χ1) is 13.3. The van der Waals surface area contributed by atoms with E-state index in [1.165, 1.54) is 0 Å². The summed E-state index contributed by atoms with van der Waals surface area (Å²) in [6.07, 6.45) is 2.52. The molecule has 0 aliphatic carbocycles. The van der Waals surface area contributed by atoms with E-state index < -0.39 is 0 Å². The van der Waals surface area contributed by atoms with E-state index in [4.69, 9.17) is 33.2 Å². The van der Waals surface area contributed by atoms with Crippen molar-refractivity contribution in [2.75, 3.05) is 85.9 Å². The molecule has 0 saturated heterocycles. The zero-order valence-electron chi connectivity index (χ0n) is 17.1. The maximum atomic E-state index is 11.1. The summed E-state index contributed by atoms with van der Waals surface area (Å²) in [6.45, 7) is 10.8. The predicted octanol–water partition coefficient (Wildman–Crippen LogP) is 1.84. The average Bonchev–Trinajstić information content (AvgIpc) is 2.66. The Bertz CT molecular complexity index is 301. The van der Waals surface area contributed by atoms with Crippen molar-refractivity contribution in [2.24, 2.45) is 0 Å². The van der Waals surface area contributed by atoms with Crippen LogP contribution in [0.3, 0.4) is 0 Å². The summed E-state index contributed by atoms with van der Waals surface area (Å²) in [5.74, 6) is -0.239. The quantitative estimate of drug-likeness (QED) is 0.203. The highest BCUT2D eigenvalue weighted by atomic mass is 16.6. The average molecular weight is 395 g/mol. The summed E-state index contributed by atoms with van der Waals surface area (Å²) in [6, 6.07) is 0. The molecule has 0 heterocycles. The molecule has 0 aliphatic heterocycles. The lowest BCUT2D eigenvalue weighted by molar-refractivity contribution is -0.144.